The highest BCUT2D eigenvalue weighted by Crippen LogP contribution is 2.26. The van der Waals surface area contributed by atoms with E-state index in [0.29, 0.717) is 34.5 Å². The molecule has 0 unspecified atom stereocenters. The van der Waals surface area contributed by atoms with E-state index in [1.165, 1.54) is 23.1 Å². The van der Waals surface area contributed by atoms with Crippen LogP contribution in [0, 0.1) is 0 Å². The summed E-state index contributed by atoms with van der Waals surface area (Å²) in [6, 6.07) is 11.0. The molecule has 4 aromatic rings. The fourth-order valence-corrected chi connectivity index (χ4v) is 4.26. The number of benzene rings is 1. The first-order valence-corrected chi connectivity index (χ1v) is 11.7. The van der Waals surface area contributed by atoms with Gasteiger partial charge in [0.1, 0.15) is 0 Å². The molecule has 11 heteroatoms. The summed E-state index contributed by atoms with van der Waals surface area (Å²) in [5, 5.41) is 19.0. The van der Waals surface area contributed by atoms with Crippen LogP contribution in [0.3, 0.4) is 0 Å². The molecule has 160 valence electrons. The molecule has 0 N–H and O–H groups in total. The average molecular weight is 476 g/mol. The monoisotopic (exact) mass is 475 g/mol. The molecule has 0 saturated heterocycles. The molecule has 4 rings (SSSR count). The topological polar surface area (TPSA) is 98.2 Å². The van der Waals surface area contributed by atoms with Crippen LogP contribution in [0.4, 0.5) is 0 Å². The summed E-state index contributed by atoms with van der Waals surface area (Å²) in [6.45, 7) is 2.84. The molecule has 0 radical (unpaired) electrons. The summed E-state index contributed by atoms with van der Waals surface area (Å²) < 4.78 is 11.4. The SMILES string of the molecule is CCCN(Cc1nnc(-c2cccs2)o1)C(=O)CSc1nnc(-c2cccc(Cl)c2)o1. The first-order chi connectivity index (χ1) is 15.1. The van der Waals surface area contributed by atoms with Gasteiger partial charge in [-0.15, -0.1) is 31.7 Å². The van der Waals surface area contributed by atoms with Gasteiger partial charge in [-0.05, 0) is 36.1 Å². The van der Waals surface area contributed by atoms with Gasteiger partial charge in [-0.1, -0.05) is 42.4 Å². The number of hydrogen-bond donors (Lipinski definition) is 0. The number of halogens is 1. The smallest absolute Gasteiger partial charge is 0.277 e. The maximum Gasteiger partial charge on any atom is 0.277 e. The molecule has 0 spiro atoms. The van der Waals surface area contributed by atoms with Crippen molar-refractivity contribution in [2.75, 3.05) is 12.3 Å². The van der Waals surface area contributed by atoms with Crippen molar-refractivity contribution in [1.29, 1.82) is 0 Å². The second kappa shape index (κ2) is 10.1. The Balaban J connectivity index is 1.37. The van der Waals surface area contributed by atoms with Crippen LogP contribution in [0.5, 0.6) is 0 Å². The molecule has 1 aromatic carbocycles. The third-order valence-electron chi connectivity index (χ3n) is 4.17. The lowest BCUT2D eigenvalue weighted by molar-refractivity contribution is -0.129. The number of carbonyl (C=O) groups excluding carboxylic acids is 1. The summed E-state index contributed by atoms with van der Waals surface area (Å²) in [6.07, 6.45) is 0.807. The van der Waals surface area contributed by atoms with Crippen LogP contribution in [0.1, 0.15) is 19.2 Å². The Hall–Kier alpha value is -2.69. The Bertz CT molecular complexity index is 1150. The zero-order chi connectivity index (χ0) is 21.6. The summed E-state index contributed by atoms with van der Waals surface area (Å²) in [5.74, 6) is 1.29. The van der Waals surface area contributed by atoms with Gasteiger partial charge in [0.15, 0.2) is 0 Å². The third-order valence-corrected chi connectivity index (χ3v) is 6.06. The van der Waals surface area contributed by atoms with E-state index in [1.807, 2.05) is 36.6 Å². The molecule has 1 amide bonds. The largest absolute Gasteiger partial charge is 0.418 e. The van der Waals surface area contributed by atoms with E-state index in [0.717, 1.165) is 16.9 Å². The summed E-state index contributed by atoms with van der Waals surface area (Å²) in [4.78, 5) is 15.4. The fourth-order valence-electron chi connectivity index (χ4n) is 2.76. The van der Waals surface area contributed by atoms with Crippen LogP contribution in [-0.4, -0.2) is 43.5 Å². The number of thioether (sulfide) groups is 1. The average Bonchev–Trinajstić information content (AvgIpc) is 3.53. The number of amides is 1. The molecule has 0 aliphatic rings. The molecular weight excluding hydrogens is 458 g/mol. The van der Waals surface area contributed by atoms with Crippen molar-refractivity contribution in [2.45, 2.75) is 25.1 Å². The summed E-state index contributed by atoms with van der Waals surface area (Å²) >= 11 is 8.71. The quantitative estimate of drug-likeness (QED) is 0.311. The van der Waals surface area contributed by atoms with Gasteiger partial charge in [0.05, 0.1) is 17.2 Å². The van der Waals surface area contributed by atoms with Gasteiger partial charge < -0.3 is 13.7 Å². The second-order valence-electron chi connectivity index (χ2n) is 6.47. The van der Waals surface area contributed by atoms with Crippen LogP contribution in [0.25, 0.3) is 22.2 Å². The van der Waals surface area contributed by atoms with Gasteiger partial charge in [0.25, 0.3) is 11.1 Å². The number of rotatable bonds is 9. The number of nitrogens with zero attached hydrogens (tertiary/aromatic N) is 5. The highest BCUT2D eigenvalue weighted by Gasteiger charge is 2.19. The zero-order valence-electron chi connectivity index (χ0n) is 16.5. The molecule has 0 aliphatic heterocycles. The van der Waals surface area contributed by atoms with E-state index >= 15 is 0 Å². The highest BCUT2D eigenvalue weighted by molar-refractivity contribution is 7.99. The van der Waals surface area contributed by atoms with Crippen LogP contribution in [0.2, 0.25) is 5.02 Å². The Kier molecular flexibility index (Phi) is 7.00. The molecular formula is C20H18ClN5O3S2. The molecule has 0 aliphatic carbocycles. The van der Waals surface area contributed by atoms with Crippen molar-refractivity contribution in [3.05, 3.63) is 52.7 Å². The molecule has 8 nitrogen and oxygen atoms in total. The van der Waals surface area contributed by atoms with Crippen LogP contribution < -0.4 is 0 Å². The number of thiophene rings is 1. The predicted octanol–water partition coefficient (Wildman–Crippen LogP) is 5.03. The molecule has 3 aromatic heterocycles. The maximum absolute atomic E-state index is 12.8. The molecule has 0 fully saturated rings. The predicted molar refractivity (Wildman–Crippen MR) is 119 cm³/mol. The highest BCUT2D eigenvalue weighted by atomic mass is 35.5. The van der Waals surface area contributed by atoms with Crippen molar-refractivity contribution in [2.24, 2.45) is 0 Å². The Labute approximate surface area is 191 Å². The van der Waals surface area contributed by atoms with Crippen molar-refractivity contribution in [1.82, 2.24) is 25.3 Å². The third kappa shape index (κ3) is 5.52. The first kappa shape index (κ1) is 21.5. The van der Waals surface area contributed by atoms with E-state index in [4.69, 9.17) is 20.4 Å². The molecule has 0 atom stereocenters. The number of hydrogen-bond acceptors (Lipinski definition) is 9. The molecule has 0 saturated carbocycles. The minimum Gasteiger partial charge on any atom is -0.418 e. The molecule has 3 heterocycles. The van der Waals surface area contributed by atoms with Crippen LogP contribution in [0.15, 0.2) is 55.8 Å². The Morgan fingerprint density at radius 1 is 1.13 bits per heavy atom. The Morgan fingerprint density at radius 2 is 2.00 bits per heavy atom. The molecule has 0 bridgehead atoms. The molecule has 31 heavy (non-hydrogen) atoms. The van der Waals surface area contributed by atoms with Gasteiger partial charge in [0, 0.05) is 17.1 Å². The van der Waals surface area contributed by atoms with Gasteiger partial charge in [-0.2, -0.15) is 0 Å². The van der Waals surface area contributed by atoms with Gasteiger partial charge in [-0.3, -0.25) is 4.79 Å². The minimum atomic E-state index is -0.0785. The van der Waals surface area contributed by atoms with Crippen LogP contribution >= 0.6 is 34.7 Å². The number of carbonyl (C=O) groups is 1. The van der Waals surface area contributed by atoms with Crippen molar-refractivity contribution in [3.8, 4) is 22.2 Å². The lowest BCUT2D eigenvalue weighted by atomic mass is 10.2. The van der Waals surface area contributed by atoms with Gasteiger partial charge in [0.2, 0.25) is 17.7 Å². The van der Waals surface area contributed by atoms with Crippen molar-refractivity contribution < 1.29 is 13.6 Å². The van der Waals surface area contributed by atoms with Crippen molar-refractivity contribution in [3.63, 3.8) is 0 Å². The lowest BCUT2D eigenvalue weighted by Gasteiger charge is -2.19. The van der Waals surface area contributed by atoms with Gasteiger partial charge >= 0.3 is 0 Å². The summed E-state index contributed by atoms with van der Waals surface area (Å²) in [5.41, 5.74) is 0.726. The first-order valence-electron chi connectivity index (χ1n) is 9.48. The lowest BCUT2D eigenvalue weighted by Crippen LogP contribution is -2.32. The fraction of sp³-hybridized carbons (Fsp3) is 0.250. The maximum atomic E-state index is 12.8. The standard InChI is InChI=1S/C20H18ClN5O3S2/c1-2-8-26(11-16-22-24-19(28-16)15-7-4-9-30-15)17(27)12-31-20-25-23-18(29-20)13-5-3-6-14(21)10-13/h3-7,9-10H,2,8,11-12H2,1H3. The zero-order valence-corrected chi connectivity index (χ0v) is 18.9. The van der Waals surface area contributed by atoms with E-state index in [9.17, 15) is 4.79 Å². The van der Waals surface area contributed by atoms with E-state index in [-0.39, 0.29) is 18.2 Å². The second-order valence-corrected chi connectivity index (χ2v) is 8.78. The van der Waals surface area contributed by atoms with E-state index < -0.39 is 0 Å². The van der Waals surface area contributed by atoms with Crippen LogP contribution in [-0.2, 0) is 11.3 Å². The van der Waals surface area contributed by atoms with E-state index in [2.05, 4.69) is 20.4 Å². The number of aromatic nitrogens is 4. The summed E-state index contributed by atoms with van der Waals surface area (Å²) in [7, 11) is 0. The van der Waals surface area contributed by atoms with Crippen molar-refractivity contribution >= 4 is 40.6 Å². The minimum absolute atomic E-state index is 0.0785. The van der Waals surface area contributed by atoms with Gasteiger partial charge in [-0.25, -0.2) is 0 Å². The Morgan fingerprint density at radius 3 is 2.77 bits per heavy atom. The van der Waals surface area contributed by atoms with E-state index in [1.54, 1.807) is 17.0 Å². The normalized spacial score (nSPS) is 11.0.